The van der Waals surface area contributed by atoms with E-state index in [0.29, 0.717) is 5.82 Å². The Morgan fingerprint density at radius 2 is 1.76 bits per heavy atom. The van der Waals surface area contributed by atoms with Gasteiger partial charge in [0.2, 0.25) is 0 Å². The molecule has 4 nitrogen and oxygen atoms in total. The molecule has 0 N–H and O–H groups in total. The van der Waals surface area contributed by atoms with Crippen LogP contribution < -0.4 is 0 Å². The van der Waals surface area contributed by atoms with Gasteiger partial charge >= 0.3 is 0 Å². The van der Waals surface area contributed by atoms with E-state index in [1.165, 1.54) is 24.0 Å². The molecule has 3 aromatic rings. The Bertz CT molecular complexity index is 948. The van der Waals surface area contributed by atoms with Crippen molar-refractivity contribution in [2.75, 3.05) is 0 Å². The maximum absolute atomic E-state index is 4.66. The van der Waals surface area contributed by atoms with Crippen LogP contribution in [0.3, 0.4) is 0 Å². The number of benzene rings is 1. The summed E-state index contributed by atoms with van der Waals surface area (Å²) in [4.78, 5) is 13.6. The van der Waals surface area contributed by atoms with Crippen LogP contribution >= 0.6 is 0 Å². The average molecular weight is 328 g/mol. The fourth-order valence-corrected chi connectivity index (χ4v) is 3.01. The van der Waals surface area contributed by atoms with Crippen LogP contribution in [0.2, 0.25) is 0 Å². The maximum atomic E-state index is 4.66. The van der Waals surface area contributed by atoms with Crippen LogP contribution in [0.15, 0.2) is 36.8 Å². The van der Waals surface area contributed by atoms with E-state index < -0.39 is 0 Å². The van der Waals surface area contributed by atoms with Gasteiger partial charge in [-0.3, -0.25) is 0 Å². The number of fused-ring (bicyclic) bond motifs is 1. The topological polar surface area (TPSA) is 43.6 Å². The normalized spacial score (nSPS) is 13.0. The molecule has 0 saturated heterocycles. The minimum Gasteiger partial charge on any atom is -0.334 e. The first-order valence-electron chi connectivity index (χ1n) is 8.67. The largest absolute Gasteiger partial charge is 0.334 e. The summed E-state index contributed by atoms with van der Waals surface area (Å²) in [5.41, 5.74) is 5.20. The maximum Gasteiger partial charge on any atom is 0.179 e. The number of aromatic nitrogens is 4. The Morgan fingerprint density at radius 3 is 2.52 bits per heavy atom. The standard InChI is InChI=1S/C21H20N4/c1-15-6-7-17(11-16(15)2)8-9-18-12-22-21(23-13-18)19-14-25-10-4-3-5-20(25)24-19/h6-7,11-14H,3-5,10H2,1-2H3. The molecule has 1 aliphatic rings. The summed E-state index contributed by atoms with van der Waals surface area (Å²) in [5, 5.41) is 0. The third-order valence-electron chi connectivity index (χ3n) is 4.65. The van der Waals surface area contributed by atoms with Gasteiger partial charge in [-0.1, -0.05) is 17.9 Å². The highest BCUT2D eigenvalue weighted by molar-refractivity contribution is 5.50. The van der Waals surface area contributed by atoms with Crippen molar-refractivity contribution in [2.24, 2.45) is 0 Å². The zero-order chi connectivity index (χ0) is 17.2. The Morgan fingerprint density at radius 1 is 0.960 bits per heavy atom. The van der Waals surface area contributed by atoms with E-state index in [-0.39, 0.29) is 0 Å². The van der Waals surface area contributed by atoms with E-state index in [1.807, 2.05) is 6.07 Å². The lowest BCUT2D eigenvalue weighted by Crippen LogP contribution is -2.08. The fraction of sp³-hybridized carbons (Fsp3) is 0.286. The molecule has 4 rings (SSSR count). The lowest BCUT2D eigenvalue weighted by Gasteiger charge is -2.11. The van der Waals surface area contributed by atoms with Crippen molar-refractivity contribution in [3.05, 3.63) is 64.9 Å². The van der Waals surface area contributed by atoms with E-state index in [1.54, 1.807) is 12.4 Å². The molecular weight excluding hydrogens is 308 g/mol. The zero-order valence-electron chi connectivity index (χ0n) is 14.6. The van der Waals surface area contributed by atoms with E-state index >= 15 is 0 Å². The molecule has 0 fully saturated rings. The minimum atomic E-state index is 0.665. The Labute approximate surface area is 148 Å². The first kappa shape index (κ1) is 15.6. The second kappa shape index (κ2) is 6.52. The Hall–Kier alpha value is -2.93. The van der Waals surface area contributed by atoms with Gasteiger partial charge in [-0.25, -0.2) is 15.0 Å². The van der Waals surface area contributed by atoms with Crippen LogP contribution in [0.1, 0.15) is 40.9 Å². The molecule has 0 spiro atoms. The number of hydrogen-bond donors (Lipinski definition) is 0. The second-order valence-corrected chi connectivity index (χ2v) is 6.54. The van der Waals surface area contributed by atoms with E-state index in [0.717, 1.165) is 35.6 Å². The molecule has 0 bridgehead atoms. The number of rotatable bonds is 1. The molecule has 2 aromatic heterocycles. The van der Waals surface area contributed by atoms with Crippen LogP contribution in [-0.2, 0) is 13.0 Å². The molecule has 0 unspecified atom stereocenters. The summed E-state index contributed by atoms with van der Waals surface area (Å²) in [6.45, 7) is 5.25. The highest BCUT2D eigenvalue weighted by Gasteiger charge is 2.14. The lowest BCUT2D eigenvalue weighted by atomic mass is 10.1. The summed E-state index contributed by atoms with van der Waals surface area (Å²) in [6, 6.07) is 6.24. The molecule has 0 saturated carbocycles. The number of imidazole rings is 1. The van der Waals surface area contributed by atoms with Crippen LogP contribution in [0.4, 0.5) is 0 Å². The molecule has 0 radical (unpaired) electrons. The van der Waals surface area contributed by atoms with E-state index in [2.05, 4.69) is 63.5 Å². The smallest absolute Gasteiger partial charge is 0.179 e. The molecule has 0 atom stereocenters. The molecule has 1 aromatic carbocycles. The summed E-state index contributed by atoms with van der Waals surface area (Å²) in [6.07, 6.45) is 9.08. The first-order valence-corrected chi connectivity index (χ1v) is 8.67. The Kier molecular flexibility index (Phi) is 4.07. The predicted octanol–water partition coefficient (Wildman–Crippen LogP) is 3.69. The van der Waals surface area contributed by atoms with Crippen molar-refractivity contribution in [3.8, 4) is 23.4 Å². The van der Waals surface area contributed by atoms with Crippen LogP contribution in [0, 0.1) is 25.7 Å². The summed E-state index contributed by atoms with van der Waals surface area (Å²) < 4.78 is 2.22. The van der Waals surface area contributed by atoms with Gasteiger partial charge in [0.1, 0.15) is 11.5 Å². The third kappa shape index (κ3) is 3.32. The molecule has 0 aliphatic carbocycles. The Balaban J connectivity index is 1.55. The minimum absolute atomic E-state index is 0.665. The highest BCUT2D eigenvalue weighted by Crippen LogP contribution is 2.19. The first-order chi connectivity index (χ1) is 12.2. The van der Waals surface area contributed by atoms with Crippen LogP contribution in [-0.4, -0.2) is 19.5 Å². The second-order valence-electron chi connectivity index (χ2n) is 6.54. The molecule has 1 aliphatic heterocycles. The SMILES string of the molecule is Cc1ccc(C#Cc2cnc(-c3cn4c(n3)CCCC4)nc2)cc1C. The predicted molar refractivity (Wildman–Crippen MR) is 98.1 cm³/mol. The number of nitrogens with zero attached hydrogens (tertiary/aromatic N) is 4. The van der Waals surface area contributed by atoms with Crippen molar-refractivity contribution in [1.82, 2.24) is 19.5 Å². The van der Waals surface area contributed by atoms with Gasteiger partial charge in [-0.2, -0.15) is 0 Å². The van der Waals surface area contributed by atoms with Gasteiger partial charge in [-0.05, 0) is 49.9 Å². The summed E-state index contributed by atoms with van der Waals surface area (Å²) in [7, 11) is 0. The molecule has 0 amide bonds. The van der Waals surface area contributed by atoms with Gasteiger partial charge in [0.05, 0.1) is 5.56 Å². The quantitative estimate of drug-likeness (QED) is 0.640. The molecular formula is C21H20N4. The van der Waals surface area contributed by atoms with Crippen molar-refractivity contribution in [2.45, 2.75) is 39.7 Å². The van der Waals surface area contributed by atoms with Crippen molar-refractivity contribution >= 4 is 0 Å². The zero-order valence-corrected chi connectivity index (χ0v) is 14.6. The monoisotopic (exact) mass is 328 g/mol. The van der Waals surface area contributed by atoms with Crippen molar-refractivity contribution < 1.29 is 0 Å². The highest BCUT2D eigenvalue weighted by atomic mass is 15.1. The van der Waals surface area contributed by atoms with Gasteiger partial charge in [0, 0.05) is 37.1 Å². The average Bonchev–Trinajstić information content (AvgIpc) is 3.07. The van der Waals surface area contributed by atoms with Gasteiger partial charge in [0.15, 0.2) is 5.82 Å². The summed E-state index contributed by atoms with van der Waals surface area (Å²) >= 11 is 0. The van der Waals surface area contributed by atoms with Crippen molar-refractivity contribution in [3.63, 3.8) is 0 Å². The molecule has 3 heterocycles. The van der Waals surface area contributed by atoms with E-state index in [9.17, 15) is 0 Å². The van der Waals surface area contributed by atoms with Crippen molar-refractivity contribution in [1.29, 1.82) is 0 Å². The molecule has 25 heavy (non-hydrogen) atoms. The number of hydrogen-bond acceptors (Lipinski definition) is 3. The molecule has 124 valence electrons. The fourth-order valence-electron chi connectivity index (χ4n) is 3.01. The van der Waals surface area contributed by atoms with Crippen LogP contribution in [0.5, 0.6) is 0 Å². The van der Waals surface area contributed by atoms with Gasteiger partial charge in [0.25, 0.3) is 0 Å². The van der Waals surface area contributed by atoms with Gasteiger partial charge in [-0.15, -0.1) is 0 Å². The lowest BCUT2D eigenvalue weighted by molar-refractivity contribution is 0.522. The molecule has 4 heteroatoms. The van der Waals surface area contributed by atoms with E-state index in [4.69, 9.17) is 0 Å². The third-order valence-corrected chi connectivity index (χ3v) is 4.65. The van der Waals surface area contributed by atoms with Gasteiger partial charge < -0.3 is 4.57 Å². The number of aryl methyl sites for hydroxylation is 4. The van der Waals surface area contributed by atoms with Crippen LogP contribution in [0.25, 0.3) is 11.5 Å². The summed E-state index contributed by atoms with van der Waals surface area (Å²) in [5.74, 6) is 8.12.